The minimum atomic E-state index is -0.545. The van der Waals surface area contributed by atoms with Crippen LogP contribution in [0.15, 0.2) is 72.9 Å². The molecule has 0 spiro atoms. The molecule has 0 rings (SSSR count). The highest BCUT2D eigenvalue weighted by atomic mass is 16.6. The number of hydrogen-bond donors (Lipinski definition) is 0. The zero-order chi connectivity index (χ0) is 44.9. The predicted molar refractivity (Wildman–Crippen MR) is 270 cm³/mol. The average molecular weight is 865 g/mol. The highest BCUT2D eigenvalue weighted by molar-refractivity contribution is 5.70. The highest BCUT2D eigenvalue weighted by Crippen LogP contribution is 2.14. The van der Waals surface area contributed by atoms with Crippen LogP contribution in [0.5, 0.6) is 0 Å². The van der Waals surface area contributed by atoms with Crippen molar-refractivity contribution in [2.45, 2.75) is 258 Å². The molecule has 0 saturated carbocycles. The van der Waals surface area contributed by atoms with Gasteiger partial charge in [-0.15, -0.1) is 0 Å². The molecule has 62 heavy (non-hydrogen) atoms. The number of allylic oxidation sites excluding steroid dienone is 12. The summed E-state index contributed by atoms with van der Waals surface area (Å²) in [6.45, 7) is 7.66. The summed E-state index contributed by atoms with van der Waals surface area (Å²) in [7, 11) is 0. The SMILES string of the molecule is CC/C=C\C/C=C\C/C=C\CCCCCCCCCCOCC(COC(=O)CCCCCCCC/C=C\C/C=C\C/C=C\CCCCC)OC(=O)CCCCCCCCCCC. The molecule has 0 heterocycles. The van der Waals surface area contributed by atoms with Crippen LogP contribution in [-0.4, -0.2) is 37.9 Å². The van der Waals surface area contributed by atoms with Crippen molar-refractivity contribution in [2.24, 2.45) is 0 Å². The van der Waals surface area contributed by atoms with E-state index in [1.54, 1.807) is 0 Å². The van der Waals surface area contributed by atoms with Crippen LogP contribution in [0.25, 0.3) is 0 Å². The molecule has 0 fully saturated rings. The van der Waals surface area contributed by atoms with Gasteiger partial charge in [-0.25, -0.2) is 0 Å². The number of rotatable bonds is 48. The van der Waals surface area contributed by atoms with Crippen LogP contribution in [0.4, 0.5) is 0 Å². The maximum absolute atomic E-state index is 12.7. The Bertz CT molecular complexity index is 1110. The molecule has 5 heteroatoms. The van der Waals surface area contributed by atoms with Gasteiger partial charge in [-0.05, 0) is 89.9 Å². The van der Waals surface area contributed by atoms with E-state index in [0.717, 1.165) is 83.5 Å². The standard InChI is InChI=1S/C57H100O5/c1-4-7-10-13-16-19-21-23-25-27-29-30-32-34-36-39-41-44-47-50-56(58)61-54-55(62-57(59)51-48-45-42-38-18-15-12-9-6-3)53-60-52-49-46-43-40-37-35-33-31-28-26-24-22-20-17-14-11-8-5-2/h8,11,16-17,19-20,23-26,29-30,55H,4-7,9-10,12-15,18,21-22,27-28,31-54H2,1-3H3/b11-8-,19-16-,20-17-,25-23-,26-24-,30-29-. The fourth-order valence-corrected chi connectivity index (χ4v) is 7.30. The molecule has 358 valence electrons. The summed E-state index contributed by atoms with van der Waals surface area (Å²) < 4.78 is 17.4. The number of ether oxygens (including phenoxy) is 3. The number of carbonyl (C=O) groups excluding carboxylic acids is 2. The van der Waals surface area contributed by atoms with Gasteiger partial charge in [0.25, 0.3) is 0 Å². The van der Waals surface area contributed by atoms with Crippen LogP contribution in [-0.2, 0) is 23.8 Å². The Balaban J connectivity index is 4.21. The summed E-state index contributed by atoms with van der Waals surface area (Å²) in [6, 6.07) is 0. The Morgan fingerprint density at radius 3 is 1.19 bits per heavy atom. The average Bonchev–Trinajstić information content (AvgIpc) is 3.27. The fourth-order valence-electron chi connectivity index (χ4n) is 7.30. The smallest absolute Gasteiger partial charge is 0.306 e. The summed E-state index contributed by atoms with van der Waals surface area (Å²) in [5, 5.41) is 0. The van der Waals surface area contributed by atoms with Gasteiger partial charge in [-0.1, -0.05) is 222 Å². The van der Waals surface area contributed by atoms with Crippen molar-refractivity contribution < 1.29 is 23.8 Å². The molecule has 5 nitrogen and oxygen atoms in total. The zero-order valence-corrected chi connectivity index (χ0v) is 41.1. The van der Waals surface area contributed by atoms with Crippen molar-refractivity contribution in [3.05, 3.63) is 72.9 Å². The molecule has 0 aromatic carbocycles. The number of hydrogen-bond acceptors (Lipinski definition) is 5. The molecule has 0 bridgehead atoms. The molecule has 0 aromatic heterocycles. The van der Waals surface area contributed by atoms with Crippen molar-refractivity contribution >= 4 is 11.9 Å². The lowest BCUT2D eigenvalue weighted by Gasteiger charge is -2.18. The van der Waals surface area contributed by atoms with Crippen molar-refractivity contribution in [3.8, 4) is 0 Å². The first-order chi connectivity index (χ1) is 30.6. The largest absolute Gasteiger partial charge is 0.462 e. The second-order valence-corrected chi connectivity index (χ2v) is 17.4. The second kappa shape index (κ2) is 52.7. The fraction of sp³-hybridized carbons (Fsp3) is 0.754. The topological polar surface area (TPSA) is 61.8 Å². The minimum Gasteiger partial charge on any atom is -0.462 e. The molecular formula is C57H100O5. The predicted octanol–water partition coefficient (Wildman–Crippen LogP) is 17.9. The monoisotopic (exact) mass is 865 g/mol. The van der Waals surface area contributed by atoms with Crippen LogP contribution in [0.2, 0.25) is 0 Å². The molecule has 0 aromatic rings. The molecule has 0 amide bonds. The van der Waals surface area contributed by atoms with Crippen molar-refractivity contribution in [1.82, 2.24) is 0 Å². The van der Waals surface area contributed by atoms with Gasteiger partial charge >= 0.3 is 11.9 Å². The third-order valence-electron chi connectivity index (χ3n) is 11.2. The molecule has 1 unspecified atom stereocenters. The lowest BCUT2D eigenvalue weighted by Crippen LogP contribution is -2.30. The van der Waals surface area contributed by atoms with Gasteiger partial charge in [0.2, 0.25) is 0 Å². The highest BCUT2D eigenvalue weighted by Gasteiger charge is 2.17. The van der Waals surface area contributed by atoms with E-state index in [9.17, 15) is 9.59 Å². The summed E-state index contributed by atoms with van der Waals surface area (Å²) in [5.74, 6) is -0.414. The van der Waals surface area contributed by atoms with Crippen LogP contribution < -0.4 is 0 Å². The van der Waals surface area contributed by atoms with E-state index in [1.165, 1.54) is 135 Å². The van der Waals surface area contributed by atoms with Crippen molar-refractivity contribution in [3.63, 3.8) is 0 Å². The molecule has 0 aliphatic heterocycles. The Labute approximate surface area is 385 Å². The summed E-state index contributed by atoms with van der Waals surface area (Å²) in [4.78, 5) is 25.3. The third-order valence-corrected chi connectivity index (χ3v) is 11.2. The van der Waals surface area contributed by atoms with Gasteiger partial charge in [0.1, 0.15) is 6.61 Å². The maximum atomic E-state index is 12.7. The quantitative estimate of drug-likeness (QED) is 0.0346. The second-order valence-electron chi connectivity index (χ2n) is 17.4. The van der Waals surface area contributed by atoms with Crippen LogP contribution >= 0.6 is 0 Å². The van der Waals surface area contributed by atoms with E-state index in [1.807, 2.05) is 0 Å². The summed E-state index contributed by atoms with van der Waals surface area (Å²) in [5.41, 5.74) is 0. The maximum Gasteiger partial charge on any atom is 0.306 e. The van der Waals surface area contributed by atoms with E-state index in [0.29, 0.717) is 19.4 Å². The first kappa shape index (κ1) is 59.3. The zero-order valence-electron chi connectivity index (χ0n) is 41.1. The molecular weight excluding hydrogens is 765 g/mol. The number of unbranched alkanes of at least 4 members (excludes halogenated alkanes) is 25. The van der Waals surface area contributed by atoms with Gasteiger partial charge in [-0.2, -0.15) is 0 Å². The van der Waals surface area contributed by atoms with E-state index in [4.69, 9.17) is 14.2 Å². The Morgan fingerprint density at radius 2 is 0.726 bits per heavy atom. The Hall–Kier alpha value is -2.66. The lowest BCUT2D eigenvalue weighted by atomic mass is 10.1. The molecule has 0 aliphatic rings. The van der Waals surface area contributed by atoms with Gasteiger partial charge in [0, 0.05) is 19.4 Å². The van der Waals surface area contributed by atoms with Crippen LogP contribution in [0.1, 0.15) is 252 Å². The lowest BCUT2D eigenvalue weighted by molar-refractivity contribution is -0.163. The van der Waals surface area contributed by atoms with Crippen LogP contribution in [0, 0.1) is 0 Å². The molecule has 0 radical (unpaired) electrons. The van der Waals surface area contributed by atoms with Crippen molar-refractivity contribution in [2.75, 3.05) is 19.8 Å². The molecule has 0 N–H and O–H groups in total. The van der Waals surface area contributed by atoms with E-state index in [2.05, 4.69) is 93.7 Å². The summed E-state index contributed by atoms with van der Waals surface area (Å²) in [6.07, 6.45) is 67.7. The van der Waals surface area contributed by atoms with Crippen molar-refractivity contribution in [1.29, 1.82) is 0 Å². The normalized spacial score (nSPS) is 12.8. The minimum absolute atomic E-state index is 0.0750. The number of carbonyl (C=O) groups is 2. The van der Waals surface area contributed by atoms with E-state index < -0.39 is 6.10 Å². The third kappa shape index (κ3) is 50.0. The molecule has 0 saturated heterocycles. The van der Waals surface area contributed by atoms with Gasteiger partial charge in [0.05, 0.1) is 6.61 Å². The first-order valence-electron chi connectivity index (χ1n) is 26.5. The molecule has 1 atom stereocenters. The van der Waals surface area contributed by atoms with Gasteiger partial charge in [0.15, 0.2) is 6.10 Å². The Kier molecular flexibility index (Phi) is 50.4. The summed E-state index contributed by atoms with van der Waals surface area (Å²) >= 11 is 0. The van der Waals surface area contributed by atoms with Crippen LogP contribution in [0.3, 0.4) is 0 Å². The Morgan fingerprint density at radius 1 is 0.371 bits per heavy atom. The molecule has 0 aliphatic carbocycles. The van der Waals surface area contributed by atoms with Gasteiger partial charge in [-0.3, -0.25) is 9.59 Å². The first-order valence-corrected chi connectivity index (χ1v) is 26.5. The number of esters is 2. The van der Waals surface area contributed by atoms with E-state index >= 15 is 0 Å². The van der Waals surface area contributed by atoms with E-state index in [-0.39, 0.29) is 25.2 Å². The van der Waals surface area contributed by atoms with Gasteiger partial charge < -0.3 is 14.2 Å².